The summed E-state index contributed by atoms with van der Waals surface area (Å²) in [6.07, 6.45) is 1.07. The van der Waals surface area contributed by atoms with E-state index in [9.17, 15) is 9.18 Å². The summed E-state index contributed by atoms with van der Waals surface area (Å²) in [7, 11) is 0. The second-order valence-electron chi connectivity index (χ2n) is 6.37. The van der Waals surface area contributed by atoms with Crippen LogP contribution in [-0.2, 0) is 4.79 Å². The molecular formula is C16H22ClFN2O2. The number of carbonyl (C=O) groups excluding carboxylic acids is 1. The lowest BCUT2D eigenvalue weighted by atomic mass is 9.79. The summed E-state index contributed by atoms with van der Waals surface area (Å²) in [4.78, 5) is 14.1. The molecule has 1 aromatic rings. The Bertz CT molecular complexity index is 551. The van der Waals surface area contributed by atoms with Crippen LogP contribution in [-0.4, -0.2) is 36.5 Å². The number of benzene rings is 1. The summed E-state index contributed by atoms with van der Waals surface area (Å²) in [5.74, 6) is 0.00962. The lowest BCUT2D eigenvalue weighted by Gasteiger charge is -2.42. The van der Waals surface area contributed by atoms with Crippen LogP contribution in [0, 0.1) is 11.2 Å². The number of amides is 1. The number of nitrogens with two attached hydrogens (primary N) is 1. The lowest BCUT2D eigenvalue weighted by molar-refractivity contribution is -0.135. The number of ether oxygens (including phenoxy) is 1. The second-order valence-corrected chi connectivity index (χ2v) is 6.78. The van der Waals surface area contributed by atoms with Crippen molar-refractivity contribution in [1.82, 2.24) is 4.90 Å². The zero-order chi connectivity index (χ0) is 16.3. The van der Waals surface area contributed by atoms with Crippen molar-refractivity contribution in [2.24, 2.45) is 11.1 Å². The van der Waals surface area contributed by atoms with E-state index in [4.69, 9.17) is 22.1 Å². The highest BCUT2D eigenvalue weighted by molar-refractivity contribution is 6.32. The van der Waals surface area contributed by atoms with Gasteiger partial charge in [-0.05, 0) is 30.0 Å². The zero-order valence-electron chi connectivity index (χ0n) is 12.9. The van der Waals surface area contributed by atoms with Crippen molar-refractivity contribution in [3.63, 3.8) is 0 Å². The van der Waals surface area contributed by atoms with Crippen LogP contribution < -0.4 is 10.5 Å². The normalized spacial score (nSPS) is 20.8. The molecule has 1 atom stereocenters. The van der Waals surface area contributed by atoms with Crippen molar-refractivity contribution >= 4 is 17.5 Å². The van der Waals surface area contributed by atoms with Crippen LogP contribution in [0.15, 0.2) is 18.2 Å². The van der Waals surface area contributed by atoms with Crippen LogP contribution in [0.5, 0.6) is 5.75 Å². The topological polar surface area (TPSA) is 55.6 Å². The van der Waals surface area contributed by atoms with E-state index >= 15 is 0 Å². The minimum absolute atomic E-state index is 0.0400. The molecule has 1 amide bonds. The molecule has 1 fully saturated rings. The Kier molecular flexibility index (Phi) is 5.29. The SMILES string of the molecule is CC1(C)CN(C(=O)CCOc2ccc(F)cc2Cl)CCC1N. The summed E-state index contributed by atoms with van der Waals surface area (Å²) < 4.78 is 18.4. The van der Waals surface area contributed by atoms with Gasteiger partial charge in [-0.3, -0.25) is 4.79 Å². The summed E-state index contributed by atoms with van der Waals surface area (Å²) in [5, 5.41) is 0.206. The van der Waals surface area contributed by atoms with Gasteiger partial charge in [0.1, 0.15) is 11.6 Å². The zero-order valence-corrected chi connectivity index (χ0v) is 13.7. The monoisotopic (exact) mass is 328 g/mol. The first-order valence-corrected chi connectivity index (χ1v) is 7.78. The first-order valence-electron chi connectivity index (χ1n) is 7.41. The first-order chi connectivity index (χ1) is 10.3. The fourth-order valence-corrected chi connectivity index (χ4v) is 2.81. The molecule has 2 N–H and O–H groups in total. The molecule has 1 aliphatic heterocycles. The predicted octanol–water partition coefficient (Wildman–Crippen LogP) is 2.83. The molecule has 122 valence electrons. The highest BCUT2D eigenvalue weighted by atomic mass is 35.5. The van der Waals surface area contributed by atoms with Crippen molar-refractivity contribution in [2.75, 3.05) is 19.7 Å². The van der Waals surface area contributed by atoms with Crippen molar-refractivity contribution in [3.8, 4) is 5.75 Å². The molecule has 1 aliphatic rings. The fourth-order valence-electron chi connectivity index (χ4n) is 2.59. The molecule has 22 heavy (non-hydrogen) atoms. The van der Waals surface area contributed by atoms with Crippen LogP contribution >= 0.6 is 11.6 Å². The maximum absolute atomic E-state index is 12.9. The standard InChI is InChI=1S/C16H22ClFN2O2/c1-16(2)10-20(7-5-14(16)19)15(21)6-8-22-13-4-3-11(18)9-12(13)17/h3-4,9,14H,5-8,10,19H2,1-2H3. The van der Waals surface area contributed by atoms with Gasteiger partial charge in [0.05, 0.1) is 18.1 Å². The Morgan fingerprint density at radius 2 is 2.27 bits per heavy atom. The molecule has 0 radical (unpaired) electrons. The molecule has 0 saturated carbocycles. The van der Waals surface area contributed by atoms with E-state index in [0.29, 0.717) is 18.8 Å². The minimum Gasteiger partial charge on any atom is -0.491 e. The minimum atomic E-state index is -0.416. The molecule has 1 heterocycles. The first kappa shape index (κ1) is 17.0. The molecule has 4 nitrogen and oxygen atoms in total. The number of nitrogens with zero attached hydrogens (tertiary/aromatic N) is 1. The Labute approximate surface area is 135 Å². The Balaban J connectivity index is 1.83. The Hall–Kier alpha value is -1.33. The molecule has 1 saturated heterocycles. The van der Waals surface area contributed by atoms with Gasteiger partial charge < -0.3 is 15.4 Å². The molecule has 0 aromatic heterocycles. The number of piperidine rings is 1. The number of likely N-dealkylation sites (tertiary alicyclic amines) is 1. The lowest BCUT2D eigenvalue weighted by Crippen LogP contribution is -2.54. The van der Waals surface area contributed by atoms with Crippen LogP contribution in [0.4, 0.5) is 4.39 Å². The van der Waals surface area contributed by atoms with Gasteiger partial charge in [0.2, 0.25) is 5.91 Å². The van der Waals surface area contributed by atoms with E-state index in [1.807, 2.05) is 4.90 Å². The number of hydrogen-bond donors (Lipinski definition) is 1. The molecule has 1 aromatic carbocycles. The van der Waals surface area contributed by atoms with Crippen LogP contribution in [0.2, 0.25) is 5.02 Å². The van der Waals surface area contributed by atoms with Crippen molar-refractivity contribution in [3.05, 3.63) is 29.0 Å². The molecule has 2 rings (SSSR count). The second kappa shape index (κ2) is 6.84. The Morgan fingerprint density at radius 1 is 1.55 bits per heavy atom. The maximum atomic E-state index is 12.9. The van der Waals surface area contributed by atoms with Crippen LogP contribution in [0.1, 0.15) is 26.7 Å². The third kappa shape index (κ3) is 4.11. The van der Waals surface area contributed by atoms with E-state index in [-0.39, 0.29) is 35.4 Å². The van der Waals surface area contributed by atoms with Crippen LogP contribution in [0.3, 0.4) is 0 Å². The molecule has 0 aliphatic carbocycles. The largest absolute Gasteiger partial charge is 0.491 e. The van der Waals surface area contributed by atoms with Crippen LogP contribution in [0.25, 0.3) is 0 Å². The third-order valence-electron chi connectivity index (χ3n) is 4.13. The number of rotatable bonds is 4. The average molecular weight is 329 g/mol. The van der Waals surface area contributed by atoms with Crippen molar-refractivity contribution in [1.29, 1.82) is 0 Å². The molecule has 0 bridgehead atoms. The van der Waals surface area contributed by atoms with Crippen molar-refractivity contribution in [2.45, 2.75) is 32.7 Å². The molecule has 1 unspecified atom stereocenters. The Morgan fingerprint density at radius 3 is 2.91 bits per heavy atom. The van der Waals surface area contributed by atoms with Gasteiger partial charge in [-0.25, -0.2) is 4.39 Å². The summed E-state index contributed by atoms with van der Waals surface area (Å²) in [6.45, 7) is 5.70. The van der Waals surface area contributed by atoms with Gasteiger partial charge in [0.15, 0.2) is 0 Å². The summed E-state index contributed by atoms with van der Waals surface area (Å²) >= 11 is 5.87. The van der Waals surface area contributed by atoms with E-state index in [1.165, 1.54) is 18.2 Å². The quantitative estimate of drug-likeness (QED) is 0.924. The van der Waals surface area contributed by atoms with Gasteiger partial charge in [-0.2, -0.15) is 0 Å². The van der Waals surface area contributed by atoms with Gasteiger partial charge in [-0.15, -0.1) is 0 Å². The van der Waals surface area contributed by atoms with E-state index in [1.54, 1.807) is 0 Å². The van der Waals surface area contributed by atoms with E-state index < -0.39 is 5.82 Å². The van der Waals surface area contributed by atoms with Crippen molar-refractivity contribution < 1.29 is 13.9 Å². The summed E-state index contributed by atoms with van der Waals surface area (Å²) in [5.41, 5.74) is 6.00. The predicted molar refractivity (Wildman–Crippen MR) is 84.5 cm³/mol. The smallest absolute Gasteiger partial charge is 0.226 e. The highest BCUT2D eigenvalue weighted by Gasteiger charge is 2.35. The maximum Gasteiger partial charge on any atom is 0.226 e. The average Bonchev–Trinajstić information content (AvgIpc) is 2.44. The molecule has 0 spiro atoms. The van der Waals surface area contributed by atoms with Gasteiger partial charge in [0, 0.05) is 19.1 Å². The van der Waals surface area contributed by atoms with E-state index in [0.717, 1.165) is 6.42 Å². The van der Waals surface area contributed by atoms with Gasteiger partial charge >= 0.3 is 0 Å². The number of hydrogen-bond acceptors (Lipinski definition) is 3. The number of carbonyl (C=O) groups is 1. The highest BCUT2D eigenvalue weighted by Crippen LogP contribution is 2.28. The molecular weight excluding hydrogens is 307 g/mol. The molecule has 6 heteroatoms. The van der Waals surface area contributed by atoms with Gasteiger partial charge in [-0.1, -0.05) is 25.4 Å². The van der Waals surface area contributed by atoms with E-state index in [2.05, 4.69) is 13.8 Å². The van der Waals surface area contributed by atoms with Gasteiger partial charge in [0.25, 0.3) is 0 Å². The third-order valence-corrected chi connectivity index (χ3v) is 4.43. The summed E-state index contributed by atoms with van der Waals surface area (Å²) in [6, 6.07) is 4.04. The fraction of sp³-hybridized carbons (Fsp3) is 0.562. The number of halogens is 2.